The second kappa shape index (κ2) is 11.5. The lowest BCUT2D eigenvalue weighted by molar-refractivity contribution is -0.145. The van der Waals surface area contributed by atoms with E-state index in [0.29, 0.717) is 0 Å². The normalized spacial score (nSPS) is 13.6. The number of amides is 3. The monoisotopic (exact) mass is 461 g/mol. The predicted octanol–water partition coefficient (Wildman–Crippen LogP) is 4.66. The molecule has 0 radical (unpaired) electrons. The van der Waals surface area contributed by atoms with Gasteiger partial charge in [-0.1, -0.05) is 32.0 Å². The number of nitrogens with zero attached hydrogens (tertiary/aromatic N) is 1. The highest BCUT2D eigenvalue weighted by atomic mass is 16.6. The Kier molecular flexibility index (Phi) is 9.94. The van der Waals surface area contributed by atoms with Crippen LogP contribution in [-0.2, 0) is 14.3 Å². The van der Waals surface area contributed by atoms with E-state index in [1.807, 2.05) is 73.6 Å². The minimum Gasteiger partial charge on any atom is -0.444 e. The van der Waals surface area contributed by atoms with Gasteiger partial charge in [0.1, 0.15) is 17.7 Å². The average Bonchev–Trinajstić information content (AvgIpc) is 2.63. The van der Waals surface area contributed by atoms with E-state index < -0.39 is 23.8 Å². The van der Waals surface area contributed by atoms with Gasteiger partial charge >= 0.3 is 6.09 Å². The van der Waals surface area contributed by atoms with E-state index in [9.17, 15) is 14.4 Å². The second-order valence-electron chi connectivity index (χ2n) is 10.6. The average molecular weight is 462 g/mol. The Labute approximate surface area is 199 Å². The first kappa shape index (κ1) is 28.5. The highest BCUT2D eigenvalue weighted by molar-refractivity contribution is 5.92. The van der Waals surface area contributed by atoms with E-state index in [1.54, 1.807) is 25.7 Å². The third-order valence-electron chi connectivity index (χ3n) is 5.31. The number of alkyl carbamates (subject to hydrolysis) is 1. The number of nitrogens with one attached hydrogen (secondary N) is 2. The van der Waals surface area contributed by atoms with Crippen LogP contribution < -0.4 is 10.6 Å². The van der Waals surface area contributed by atoms with Gasteiger partial charge in [-0.15, -0.1) is 0 Å². The first-order valence-electron chi connectivity index (χ1n) is 11.7. The van der Waals surface area contributed by atoms with Crippen molar-refractivity contribution in [3.63, 3.8) is 0 Å². The van der Waals surface area contributed by atoms with Crippen LogP contribution in [0.1, 0.15) is 85.0 Å². The van der Waals surface area contributed by atoms with Crippen LogP contribution in [0.4, 0.5) is 4.79 Å². The maximum Gasteiger partial charge on any atom is 0.408 e. The highest BCUT2D eigenvalue weighted by Gasteiger charge is 2.39. The van der Waals surface area contributed by atoms with Crippen LogP contribution in [-0.4, -0.2) is 46.5 Å². The summed E-state index contributed by atoms with van der Waals surface area (Å²) in [5, 5.41) is 5.71. The standard InChI is InChI=1S/C26H43N3O4/c1-15(2)21(28-25(32)33-26(9,10)11)24(31)29(17(5)6)22(23(30)27-16(3)4)20-14-12-13-18(7)19(20)8/h12-17,21-22H,1-11H3,(H,27,30)(H,28,32). The lowest BCUT2D eigenvalue weighted by Gasteiger charge is -2.39. The molecular formula is C26H43N3O4. The maximum atomic E-state index is 13.9. The molecule has 0 aliphatic carbocycles. The summed E-state index contributed by atoms with van der Waals surface area (Å²) < 4.78 is 5.39. The summed E-state index contributed by atoms with van der Waals surface area (Å²) in [6.07, 6.45) is -0.659. The topological polar surface area (TPSA) is 87.7 Å². The van der Waals surface area contributed by atoms with Gasteiger partial charge < -0.3 is 20.3 Å². The summed E-state index contributed by atoms with van der Waals surface area (Å²) in [6, 6.07) is 3.72. The Hall–Kier alpha value is -2.57. The molecule has 2 atom stereocenters. The molecule has 1 rings (SSSR count). The van der Waals surface area contributed by atoms with E-state index in [4.69, 9.17) is 4.74 Å². The summed E-state index contributed by atoms with van der Waals surface area (Å²) in [5.41, 5.74) is 2.08. The second-order valence-corrected chi connectivity index (χ2v) is 10.6. The van der Waals surface area contributed by atoms with Gasteiger partial charge in [0.05, 0.1) is 0 Å². The van der Waals surface area contributed by atoms with Crippen molar-refractivity contribution in [3.8, 4) is 0 Å². The molecule has 0 heterocycles. The zero-order valence-electron chi connectivity index (χ0n) is 22.2. The van der Waals surface area contributed by atoms with E-state index in [2.05, 4.69) is 10.6 Å². The molecule has 0 aromatic heterocycles. The lowest BCUT2D eigenvalue weighted by Crippen LogP contribution is -2.57. The van der Waals surface area contributed by atoms with Crippen LogP contribution in [0.5, 0.6) is 0 Å². The third kappa shape index (κ3) is 8.06. The minimum absolute atomic E-state index is 0.0880. The highest BCUT2D eigenvalue weighted by Crippen LogP contribution is 2.29. The van der Waals surface area contributed by atoms with Crippen molar-refractivity contribution in [2.45, 2.75) is 106 Å². The largest absolute Gasteiger partial charge is 0.444 e. The van der Waals surface area contributed by atoms with Crippen molar-refractivity contribution < 1.29 is 19.1 Å². The molecule has 0 bridgehead atoms. The Bertz CT molecular complexity index is 840. The minimum atomic E-state index is -0.846. The van der Waals surface area contributed by atoms with Gasteiger partial charge in [0.15, 0.2) is 0 Å². The summed E-state index contributed by atoms with van der Waals surface area (Å²) >= 11 is 0. The van der Waals surface area contributed by atoms with Crippen LogP contribution in [0, 0.1) is 19.8 Å². The number of rotatable bonds is 8. The van der Waals surface area contributed by atoms with Crippen LogP contribution in [0.15, 0.2) is 18.2 Å². The molecule has 7 nitrogen and oxygen atoms in total. The molecule has 1 aromatic rings. The van der Waals surface area contributed by atoms with E-state index in [1.165, 1.54) is 0 Å². The molecule has 2 N–H and O–H groups in total. The number of benzene rings is 1. The van der Waals surface area contributed by atoms with Gasteiger partial charge in [-0.05, 0) is 84.9 Å². The van der Waals surface area contributed by atoms with Crippen LogP contribution >= 0.6 is 0 Å². The fourth-order valence-corrected chi connectivity index (χ4v) is 3.64. The number of ether oxygens (including phenoxy) is 1. The van der Waals surface area contributed by atoms with Crippen molar-refractivity contribution in [2.75, 3.05) is 0 Å². The van der Waals surface area contributed by atoms with Gasteiger partial charge in [0, 0.05) is 12.1 Å². The molecule has 0 aliphatic heterocycles. The number of hydrogen-bond acceptors (Lipinski definition) is 4. The molecule has 3 amide bonds. The first-order valence-corrected chi connectivity index (χ1v) is 11.7. The fourth-order valence-electron chi connectivity index (χ4n) is 3.64. The van der Waals surface area contributed by atoms with Gasteiger partial charge in [-0.3, -0.25) is 9.59 Å². The molecule has 33 heavy (non-hydrogen) atoms. The van der Waals surface area contributed by atoms with Crippen molar-refractivity contribution in [2.24, 2.45) is 5.92 Å². The fraction of sp³-hybridized carbons (Fsp3) is 0.654. The molecule has 0 aliphatic rings. The SMILES string of the molecule is Cc1cccc(C(C(=O)NC(C)C)N(C(=O)C(NC(=O)OC(C)(C)C)C(C)C)C(C)C)c1C. The zero-order chi connectivity index (χ0) is 25.7. The number of carbonyl (C=O) groups is 3. The summed E-state index contributed by atoms with van der Waals surface area (Å²) in [4.78, 5) is 41.4. The van der Waals surface area contributed by atoms with E-state index in [-0.39, 0.29) is 29.8 Å². The van der Waals surface area contributed by atoms with Crippen molar-refractivity contribution in [1.29, 1.82) is 0 Å². The van der Waals surface area contributed by atoms with Crippen molar-refractivity contribution >= 4 is 17.9 Å². The Morgan fingerprint density at radius 1 is 0.939 bits per heavy atom. The van der Waals surface area contributed by atoms with Crippen LogP contribution in [0.3, 0.4) is 0 Å². The smallest absolute Gasteiger partial charge is 0.408 e. The van der Waals surface area contributed by atoms with Crippen LogP contribution in [0.25, 0.3) is 0 Å². The third-order valence-corrected chi connectivity index (χ3v) is 5.31. The molecule has 186 valence electrons. The molecule has 1 aromatic carbocycles. The van der Waals surface area contributed by atoms with E-state index in [0.717, 1.165) is 16.7 Å². The van der Waals surface area contributed by atoms with Crippen molar-refractivity contribution in [3.05, 3.63) is 34.9 Å². The molecule has 7 heteroatoms. The maximum absolute atomic E-state index is 13.9. The zero-order valence-corrected chi connectivity index (χ0v) is 22.2. The molecule has 0 saturated carbocycles. The van der Waals surface area contributed by atoms with Gasteiger partial charge in [-0.2, -0.15) is 0 Å². The number of aryl methyl sites for hydroxylation is 1. The molecule has 0 spiro atoms. The Balaban J connectivity index is 3.52. The van der Waals surface area contributed by atoms with Gasteiger partial charge in [0.2, 0.25) is 11.8 Å². The van der Waals surface area contributed by atoms with Crippen LogP contribution in [0.2, 0.25) is 0 Å². The number of hydrogen-bond donors (Lipinski definition) is 2. The quantitative estimate of drug-likeness (QED) is 0.590. The molecule has 0 saturated heterocycles. The Morgan fingerprint density at radius 3 is 1.97 bits per heavy atom. The molecule has 0 fully saturated rings. The van der Waals surface area contributed by atoms with E-state index >= 15 is 0 Å². The summed E-state index contributed by atoms with van der Waals surface area (Å²) in [6.45, 7) is 20.5. The predicted molar refractivity (Wildman–Crippen MR) is 132 cm³/mol. The number of carbonyl (C=O) groups excluding carboxylic acids is 3. The molecule has 2 unspecified atom stereocenters. The summed E-state index contributed by atoms with van der Waals surface area (Å²) in [5.74, 6) is -0.783. The van der Waals surface area contributed by atoms with Gasteiger partial charge in [0.25, 0.3) is 0 Å². The van der Waals surface area contributed by atoms with Crippen molar-refractivity contribution in [1.82, 2.24) is 15.5 Å². The molecular weight excluding hydrogens is 418 g/mol. The lowest BCUT2D eigenvalue weighted by atomic mass is 9.93. The Morgan fingerprint density at radius 2 is 1.52 bits per heavy atom. The first-order chi connectivity index (χ1) is 15.1. The summed E-state index contributed by atoms with van der Waals surface area (Å²) in [7, 11) is 0. The van der Waals surface area contributed by atoms with Gasteiger partial charge in [-0.25, -0.2) is 4.79 Å².